The summed E-state index contributed by atoms with van der Waals surface area (Å²) in [7, 11) is 0. The van der Waals surface area contributed by atoms with E-state index in [1.54, 1.807) is 0 Å². The summed E-state index contributed by atoms with van der Waals surface area (Å²) in [6.07, 6.45) is 0. The molecule has 132 valence electrons. The van der Waals surface area contributed by atoms with Crippen LogP contribution >= 0.6 is 0 Å². The van der Waals surface area contributed by atoms with Crippen molar-refractivity contribution in [1.29, 1.82) is 0 Å². The number of nitrogen functional groups attached to an aromatic ring is 1. The smallest absolute Gasteiger partial charge is 0.292 e. The Morgan fingerprint density at radius 3 is 2.67 bits per heavy atom. The number of benzene rings is 1. The van der Waals surface area contributed by atoms with Gasteiger partial charge in [0.15, 0.2) is 0 Å². The van der Waals surface area contributed by atoms with E-state index in [1.807, 2.05) is 0 Å². The van der Waals surface area contributed by atoms with E-state index >= 15 is 0 Å². The summed E-state index contributed by atoms with van der Waals surface area (Å²) in [6, 6.07) is 4.43. The molecule has 8 nitrogen and oxygen atoms in total. The lowest BCUT2D eigenvalue weighted by atomic mass is 10.0. The van der Waals surface area contributed by atoms with E-state index in [0.717, 1.165) is 13.1 Å². The fourth-order valence-electron chi connectivity index (χ4n) is 2.90. The number of morpholine rings is 1. The SMILES string of the molecule is CC(C)[C@H](CNC(=O)c1cccc([N+](=O)[O-])c1N)N1CCOCC1. The summed E-state index contributed by atoms with van der Waals surface area (Å²) in [4.78, 5) is 25.0. The van der Waals surface area contributed by atoms with Crippen molar-refractivity contribution in [3.05, 3.63) is 33.9 Å². The van der Waals surface area contributed by atoms with Gasteiger partial charge in [-0.3, -0.25) is 19.8 Å². The molecule has 1 saturated heterocycles. The molecule has 0 unspecified atom stereocenters. The first kappa shape index (κ1) is 18.2. The van der Waals surface area contributed by atoms with Crippen LogP contribution in [0.15, 0.2) is 18.2 Å². The topological polar surface area (TPSA) is 111 Å². The Hall–Kier alpha value is -2.19. The van der Waals surface area contributed by atoms with Crippen LogP contribution in [0.2, 0.25) is 0 Å². The quantitative estimate of drug-likeness (QED) is 0.460. The van der Waals surface area contributed by atoms with E-state index in [0.29, 0.717) is 25.7 Å². The maximum absolute atomic E-state index is 12.4. The van der Waals surface area contributed by atoms with Gasteiger partial charge < -0.3 is 15.8 Å². The second-order valence-electron chi connectivity index (χ2n) is 6.17. The first-order valence-corrected chi connectivity index (χ1v) is 8.04. The summed E-state index contributed by atoms with van der Waals surface area (Å²) in [5.74, 6) is -0.0408. The van der Waals surface area contributed by atoms with E-state index in [-0.39, 0.29) is 23.0 Å². The molecule has 0 spiro atoms. The van der Waals surface area contributed by atoms with Crippen molar-refractivity contribution in [2.75, 3.05) is 38.6 Å². The Balaban J connectivity index is 2.05. The zero-order valence-corrected chi connectivity index (χ0v) is 14.0. The molecule has 0 aromatic heterocycles. The largest absolute Gasteiger partial charge is 0.393 e. The number of hydrogen-bond donors (Lipinski definition) is 2. The maximum Gasteiger partial charge on any atom is 0.292 e. The molecular formula is C16H24N4O4. The lowest BCUT2D eigenvalue weighted by Gasteiger charge is -2.36. The lowest BCUT2D eigenvalue weighted by Crippen LogP contribution is -2.51. The van der Waals surface area contributed by atoms with Gasteiger partial charge in [-0.1, -0.05) is 19.9 Å². The number of nitrogens with one attached hydrogen (secondary N) is 1. The summed E-state index contributed by atoms with van der Waals surface area (Å²) < 4.78 is 5.37. The molecule has 3 N–H and O–H groups in total. The average molecular weight is 336 g/mol. The van der Waals surface area contributed by atoms with E-state index in [2.05, 4.69) is 24.1 Å². The molecule has 1 aromatic carbocycles. The number of anilines is 1. The predicted octanol–water partition coefficient (Wildman–Crippen LogP) is 1.26. The second kappa shape index (κ2) is 8.07. The van der Waals surface area contributed by atoms with Gasteiger partial charge in [0.1, 0.15) is 5.69 Å². The summed E-state index contributed by atoms with van der Waals surface area (Å²) in [5.41, 5.74) is 5.54. The fraction of sp³-hybridized carbons (Fsp3) is 0.562. The van der Waals surface area contributed by atoms with Crippen molar-refractivity contribution >= 4 is 17.3 Å². The number of nitro groups is 1. The fourth-order valence-corrected chi connectivity index (χ4v) is 2.90. The number of carbonyl (C=O) groups excluding carboxylic acids is 1. The molecule has 24 heavy (non-hydrogen) atoms. The van der Waals surface area contributed by atoms with Crippen LogP contribution in [0.4, 0.5) is 11.4 Å². The van der Waals surface area contributed by atoms with Crippen LogP contribution in [-0.2, 0) is 4.74 Å². The molecule has 0 aliphatic carbocycles. The van der Waals surface area contributed by atoms with Gasteiger partial charge in [-0.2, -0.15) is 0 Å². The van der Waals surface area contributed by atoms with Crippen molar-refractivity contribution in [3.8, 4) is 0 Å². The Morgan fingerprint density at radius 1 is 1.42 bits per heavy atom. The second-order valence-corrected chi connectivity index (χ2v) is 6.17. The summed E-state index contributed by atoms with van der Waals surface area (Å²) in [6.45, 7) is 7.71. The zero-order valence-electron chi connectivity index (χ0n) is 14.0. The van der Waals surface area contributed by atoms with E-state index in [1.165, 1.54) is 18.2 Å². The Labute approximate surface area is 141 Å². The molecule has 1 aromatic rings. The Kier molecular flexibility index (Phi) is 6.10. The highest BCUT2D eigenvalue weighted by molar-refractivity contribution is 6.00. The van der Waals surface area contributed by atoms with Gasteiger partial charge in [0.2, 0.25) is 0 Å². The minimum absolute atomic E-state index is 0.104. The first-order chi connectivity index (χ1) is 11.4. The third-order valence-electron chi connectivity index (χ3n) is 4.28. The molecule has 8 heteroatoms. The third-order valence-corrected chi connectivity index (χ3v) is 4.28. The molecule has 1 aliphatic rings. The van der Waals surface area contributed by atoms with E-state index in [4.69, 9.17) is 10.5 Å². The van der Waals surface area contributed by atoms with Gasteiger partial charge in [-0.05, 0) is 12.0 Å². The van der Waals surface area contributed by atoms with Gasteiger partial charge in [0.25, 0.3) is 11.6 Å². The van der Waals surface area contributed by atoms with Crippen LogP contribution in [0, 0.1) is 16.0 Å². The number of para-hydroxylation sites is 1. The monoisotopic (exact) mass is 336 g/mol. The van der Waals surface area contributed by atoms with Crippen molar-refractivity contribution in [2.24, 2.45) is 5.92 Å². The van der Waals surface area contributed by atoms with Gasteiger partial charge in [-0.25, -0.2) is 0 Å². The van der Waals surface area contributed by atoms with E-state index < -0.39 is 10.8 Å². The van der Waals surface area contributed by atoms with Gasteiger partial charge in [-0.15, -0.1) is 0 Å². The molecular weight excluding hydrogens is 312 g/mol. The molecule has 1 atom stereocenters. The van der Waals surface area contributed by atoms with Crippen molar-refractivity contribution < 1.29 is 14.5 Å². The lowest BCUT2D eigenvalue weighted by molar-refractivity contribution is -0.383. The molecule has 1 fully saturated rings. The Morgan fingerprint density at radius 2 is 2.08 bits per heavy atom. The van der Waals surface area contributed by atoms with Crippen LogP contribution in [0.3, 0.4) is 0 Å². The highest BCUT2D eigenvalue weighted by Crippen LogP contribution is 2.24. The average Bonchev–Trinajstić information content (AvgIpc) is 2.55. The minimum Gasteiger partial charge on any atom is -0.393 e. The Bertz CT molecular complexity index is 600. The molecule has 0 saturated carbocycles. The molecule has 0 radical (unpaired) electrons. The van der Waals surface area contributed by atoms with Crippen LogP contribution in [0.1, 0.15) is 24.2 Å². The van der Waals surface area contributed by atoms with Crippen LogP contribution < -0.4 is 11.1 Å². The normalized spacial score (nSPS) is 16.8. The third kappa shape index (κ3) is 4.21. The van der Waals surface area contributed by atoms with Crippen LogP contribution in [-0.4, -0.2) is 54.6 Å². The van der Waals surface area contributed by atoms with Crippen molar-refractivity contribution in [3.63, 3.8) is 0 Å². The van der Waals surface area contributed by atoms with Crippen molar-refractivity contribution in [1.82, 2.24) is 10.2 Å². The van der Waals surface area contributed by atoms with Gasteiger partial charge in [0.05, 0.1) is 23.7 Å². The molecule has 1 amide bonds. The number of nitrogens with zero attached hydrogens (tertiary/aromatic N) is 2. The number of rotatable bonds is 6. The number of carbonyl (C=O) groups is 1. The van der Waals surface area contributed by atoms with Crippen molar-refractivity contribution in [2.45, 2.75) is 19.9 Å². The number of nitro benzene ring substituents is 1. The van der Waals surface area contributed by atoms with Crippen LogP contribution in [0.5, 0.6) is 0 Å². The number of amides is 1. The van der Waals surface area contributed by atoms with E-state index in [9.17, 15) is 14.9 Å². The highest BCUT2D eigenvalue weighted by atomic mass is 16.6. The highest BCUT2D eigenvalue weighted by Gasteiger charge is 2.25. The summed E-state index contributed by atoms with van der Waals surface area (Å²) >= 11 is 0. The van der Waals surface area contributed by atoms with Gasteiger partial charge in [0, 0.05) is 31.7 Å². The first-order valence-electron chi connectivity index (χ1n) is 8.04. The summed E-state index contributed by atoms with van der Waals surface area (Å²) in [5, 5.41) is 13.8. The molecule has 2 rings (SSSR count). The van der Waals surface area contributed by atoms with Gasteiger partial charge >= 0.3 is 0 Å². The predicted molar refractivity (Wildman–Crippen MR) is 90.9 cm³/mol. The molecule has 1 aliphatic heterocycles. The zero-order chi connectivity index (χ0) is 17.7. The number of ether oxygens (including phenoxy) is 1. The number of hydrogen-bond acceptors (Lipinski definition) is 6. The standard InChI is InChI=1S/C16H24N4O4/c1-11(2)14(19-6-8-24-9-7-19)10-18-16(21)12-4-3-5-13(15(12)17)20(22)23/h3-5,11,14H,6-10,17H2,1-2H3,(H,18,21)/t14-/m0/s1. The molecule has 1 heterocycles. The molecule has 0 bridgehead atoms. The van der Waals surface area contributed by atoms with Crippen LogP contribution in [0.25, 0.3) is 0 Å². The minimum atomic E-state index is -0.587. The number of nitrogens with two attached hydrogens (primary N) is 1. The maximum atomic E-state index is 12.4.